The predicted octanol–water partition coefficient (Wildman–Crippen LogP) is 2.89. The van der Waals surface area contributed by atoms with Gasteiger partial charge in [0.1, 0.15) is 11.6 Å². The van der Waals surface area contributed by atoms with Gasteiger partial charge in [-0.05, 0) is 37.1 Å². The Morgan fingerprint density at radius 3 is 2.86 bits per heavy atom. The van der Waals surface area contributed by atoms with E-state index in [1.807, 2.05) is 24.4 Å². The van der Waals surface area contributed by atoms with E-state index in [0.717, 1.165) is 42.3 Å². The number of nitrogens with zero attached hydrogens (tertiary/aromatic N) is 6. The second kappa shape index (κ2) is 7.88. The average molecular weight is 376 g/mol. The zero-order valence-corrected chi connectivity index (χ0v) is 16.2. The Balaban J connectivity index is 1.60. The SMILES string of the molecule is CC(C)c1nccc(N2CCCC2Cn2nc(-c3cccnc3)ccc2=O)n1. The van der Waals surface area contributed by atoms with Gasteiger partial charge in [0.25, 0.3) is 5.56 Å². The van der Waals surface area contributed by atoms with Gasteiger partial charge >= 0.3 is 0 Å². The van der Waals surface area contributed by atoms with E-state index < -0.39 is 0 Å². The van der Waals surface area contributed by atoms with E-state index in [1.165, 1.54) is 0 Å². The highest BCUT2D eigenvalue weighted by Gasteiger charge is 2.27. The van der Waals surface area contributed by atoms with Gasteiger partial charge in [-0.15, -0.1) is 0 Å². The highest BCUT2D eigenvalue weighted by Crippen LogP contribution is 2.25. The maximum atomic E-state index is 12.4. The molecule has 4 heterocycles. The molecule has 1 unspecified atom stereocenters. The van der Waals surface area contributed by atoms with Crippen molar-refractivity contribution in [3.05, 3.63) is 65.1 Å². The van der Waals surface area contributed by atoms with Crippen molar-refractivity contribution in [2.24, 2.45) is 0 Å². The van der Waals surface area contributed by atoms with Gasteiger partial charge in [-0.25, -0.2) is 14.6 Å². The Kier molecular flexibility index (Phi) is 5.14. The van der Waals surface area contributed by atoms with Crippen molar-refractivity contribution in [2.75, 3.05) is 11.4 Å². The smallest absolute Gasteiger partial charge is 0.266 e. The summed E-state index contributed by atoms with van der Waals surface area (Å²) in [6, 6.07) is 9.28. The van der Waals surface area contributed by atoms with E-state index in [9.17, 15) is 4.79 Å². The summed E-state index contributed by atoms with van der Waals surface area (Å²) in [5, 5.41) is 4.58. The Hall–Kier alpha value is -3.09. The molecule has 7 heteroatoms. The van der Waals surface area contributed by atoms with E-state index in [4.69, 9.17) is 4.98 Å². The zero-order valence-electron chi connectivity index (χ0n) is 16.2. The van der Waals surface area contributed by atoms with Crippen LogP contribution in [0.25, 0.3) is 11.3 Å². The molecule has 4 rings (SSSR count). The summed E-state index contributed by atoms with van der Waals surface area (Å²) in [7, 11) is 0. The maximum Gasteiger partial charge on any atom is 0.266 e. The van der Waals surface area contributed by atoms with Gasteiger partial charge in [-0.3, -0.25) is 9.78 Å². The molecule has 1 atom stereocenters. The summed E-state index contributed by atoms with van der Waals surface area (Å²) in [6.45, 7) is 5.65. The van der Waals surface area contributed by atoms with Gasteiger partial charge < -0.3 is 4.90 Å². The molecule has 0 aromatic carbocycles. The average Bonchev–Trinajstić information content (AvgIpc) is 3.18. The Morgan fingerprint density at radius 2 is 2.07 bits per heavy atom. The van der Waals surface area contributed by atoms with Crippen LogP contribution in [0.15, 0.2) is 53.7 Å². The quantitative estimate of drug-likeness (QED) is 0.681. The lowest BCUT2D eigenvalue weighted by molar-refractivity contribution is 0.488. The first-order valence-corrected chi connectivity index (χ1v) is 9.70. The Bertz CT molecular complexity index is 1000. The summed E-state index contributed by atoms with van der Waals surface area (Å²) in [6.07, 6.45) is 7.38. The number of anilines is 1. The van der Waals surface area contributed by atoms with Crippen molar-refractivity contribution in [3.8, 4) is 11.3 Å². The Labute approximate surface area is 164 Å². The highest BCUT2D eigenvalue weighted by atomic mass is 16.1. The molecule has 0 N–H and O–H groups in total. The van der Waals surface area contributed by atoms with Crippen LogP contribution in [0, 0.1) is 0 Å². The molecule has 3 aromatic rings. The van der Waals surface area contributed by atoms with E-state index >= 15 is 0 Å². The van der Waals surface area contributed by atoms with Gasteiger partial charge in [0.15, 0.2) is 0 Å². The molecule has 1 fully saturated rings. The molecule has 0 radical (unpaired) electrons. The van der Waals surface area contributed by atoms with Crippen molar-refractivity contribution in [2.45, 2.75) is 45.2 Å². The number of aromatic nitrogens is 5. The Morgan fingerprint density at radius 1 is 1.18 bits per heavy atom. The summed E-state index contributed by atoms with van der Waals surface area (Å²) in [5.41, 5.74) is 1.56. The summed E-state index contributed by atoms with van der Waals surface area (Å²) < 4.78 is 1.57. The van der Waals surface area contributed by atoms with Crippen LogP contribution in [-0.4, -0.2) is 37.3 Å². The number of pyridine rings is 1. The fourth-order valence-electron chi connectivity index (χ4n) is 3.58. The highest BCUT2D eigenvalue weighted by molar-refractivity contribution is 5.56. The van der Waals surface area contributed by atoms with Crippen molar-refractivity contribution >= 4 is 5.82 Å². The third kappa shape index (κ3) is 3.78. The van der Waals surface area contributed by atoms with Crippen LogP contribution >= 0.6 is 0 Å². The fraction of sp³-hybridized carbons (Fsp3) is 0.381. The molecule has 0 spiro atoms. The lowest BCUT2D eigenvalue weighted by Crippen LogP contribution is -2.37. The molecule has 28 heavy (non-hydrogen) atoms. The van der Waals surface area contributed by atoms with Crippen LogP contribution in [0.4, 0.5) is 5.82 Å². The maximum absolute atomic E-state index is 12.4. The normalized spacial score (nSPS) is 16.7. The molecular formula is C21H24N6O. The molecule has 144 valence electrons. The number of hydrogen-bond donors (Lipinski definition) is 0. The molecular weight excluding hydrogens is 352 g/mol. The van der Waals surface area contributed by atoms with Crippen LogP contribution in [0.2, 0.25) is 0 Å². The molecule has 0 saturated carbocycles. The molecule has 0 aliphatic carbocycles. The minimum Gasteiger partial charge on any atom is -0.352 e. The summed E-state index contributed by atoms with van der Waals surface area (Å²) in [5.74, 6) is 2.05. The summed E-state index contributed by atoms with van der Waals surface area (Å²) >= 11 is 0. The van der Waals surface area contributed by atoms with Crippen molar-refractivity contribution in [3.63, 3.8) is 0 Å². The molecule has 1 aliphatic rings. The molecule has 0 bridgehead atoms. The topological polar surface area (TPSA) is 76.8 Å². The minimum absolute atomic E-state index is 0.0925. The largest absolute Gasteiger partial charge is 0.352 e. The summed E-state index contributed by atoms with van der Waals surface area (Å²) in [4.78, 5) is 27.9. The number of rotatable bonds is 5. The first kappa shape index (κ1) is 18.3. The standard InChI is InChI=1S/C21H24N6O/c1-15(2)21-23-11-9-19(24-21)26-12-4-6-17(26)14-27-20(28)8-7-18(25-27)16-5-3-10-22-13-16/h3,5,7-11,13,15,17H,4,6,12,14H2,1-2H3. The van der Waals surface area contributed by atoms with Crippen LogP contribution in [0.5, 0.6) is 0 Å². The number of hydrogen-bond acceptors (Lipinski definition) is 6. The van der Waals surface area contributed by atoms with Gasteiger partial charge in [-0.1, -0.05) is 13.8 Å². The van der Waals surface area contributed by atoms with Crippen LogP contribution in [0.3, 0.4) is 0 Å². The van der Waals surface area contributed by atoms with E-state index in [-0.39, 0.29) is 17.5 Å². The second-order valence-electron chi connectivity index (χ2n) is 7.40. The lowest BCUT2D eigenvalue weighted by atomic mass is 10.2. The molecule has 7 nitrogen and oxygen atoms in total. The molecule has 1 saturated heterocycles. The van der Waals surface area contributed by atoms with Crippen molar-refractivity contribution < 1.29 is 0 Å². The predicted molar refractivity (Wildman–Crippen MR) is 108 cm³/mol. The van der Waals surface area contributed by atoms with E-state index in [1.54, 1.807) is 29.2 Å². The van der Waals surface area contributed by atoms with E-state index in [0.29, 0.717) is 6.54 Å². The van der Waals surface area contributed by atoms with Gasteiger partial charge in [-0.2, -0.15) is 5.10 Å². The monoisotopic (exact) mass is 376 g/mol. The van der Waals surface area contributed by atoms with Crippen molar-refractivity contribution in [1.29, 1.82) is 0 Å². The van der Waals surface area contributed by atoms with Gasteiger partial charge in [0.2, 0.25) is 0 Å². The second-order valence-corrected chi connectivity index (χ2v) is 7.40. The van der Waals surface area contributed by atoms with Gasteiger partial charge in [0, 0.05) is 42.7 Å². The van der Waals surface area contributed by atoms with Crippen molar-refractivity contribution in [1.82, 2.24) is 24.7 Å². The van der Waals surface area contributed by atoms with Crippen LogP contribution < -0.4 is 10.5 Å². The third-order valence-electron chi connectivity index (χ3n) is 5.05. The minimum atomic E-state index is -0.0925. The zero-order chi connectivity index (χ0) is 19.5. The van der Waals surface area contributed by atoms with Crippen LogP contribution in [-0.2, 0) is 6.54 Å². The van der Waals surface area contributed by atoms with Crippen LogP contribution in [0.1, 0.15) is 38.4 Å². The molecule has 0 amide bonds. The van der Waals surface area contributed by atoms with Gasteiger partial charge in [0.05, 0.1) is 18.3 Å². The lowest BCUT2D eigenvalue weighted by Gasteiger charge is -2.26. The molecule has 3 aromatic heterocycles. The third-order valence-corrected chi connectivity index (χ3v) is 5.05. The van der Waals surface area contributed by atoms with E-state index in [2.05, 4.69) is 33.8 Å². The first-order valence-electron chi connectivity index (χ1n) is 9.70. The fourth-order valence-corrected chi connectivity index (χ4v) is 3.58. The molecule has 1 aliphatic heterocycles. The first-order chi connectivity index (χ1) is 13.6.